The maximum absolute atomic E-state index is 13.8. The number of nitroso groups, excluding NO2 is 1. The number of aromatic nitrogens is 5. The van der Waals surface area contributed by atoms with Gasteiger partial charge in [0.05, 0.1) is 25.4 Å². The fraction of sp³-hybridized carbons (Fsp3) is 0.478. The molecule has 2 heterocycles. The number of anilines is 1. The molecule has 1 aromatic carbocycles. The lowest BCUT2D eigenvalue weighted by Crippen LogP contribution is -2.33. The smallest absolute Gasteiger partial charge is 0.191 e. The van der Waals surface area contributed by atoms with Crippen LogP contribution in [-0.2, 0) is 4.74 Å². The van der Waals surface area contributed by atoms with Crippen molar-refractivity contribution < 1.29 is 28.8 Å². The van der Waals surface area contributed by atoms with E-state index in [4.69, 9.17) is 9.84 Å². The van der Waals surface area contributed by atoms with E-state index in [-0.39, 0.29) is 54.3 Å². The monoisotopic (exact) mass is 551 g/mol. The van der Waals surface area contributed by atoms with Gasteiger partial charge in [0, 0.05) is 23.9 Å². The molecule has 1 aliphatic carbocycles. The van der Waals surface area contributed by atoms with E-state index < -0.39 is 36.0 Å². The summed E-state index contributed by atoms with van der Waals surface area (Å²) >= 11 is 1.39. The van der Waals surface area contributed by atoms with Gasteiger partial charge in [0.25, 0.3) is 0 Å². The van der Waals surface area contributed by atoms with E-state index in [9.17, 15) is 23.9 Å². The van der Waals surface area contributed by atoms with Gasteiger partial charge in [-0.25, -0.2) is 23.4 Å². The second-order valence-electron chi connectivity index (χ2n) is 8.56. The molecule has 0 amide bonds. The third-order valence-electron chi connectivity index (χ3n) is 5.98. The van der Waals surface area contributed by atoms with E-state index in [0.29, 0.717) is 5.16 Å². The Balaban J connectivity index is 1.71. The molecule has 4 atom stereocenters. The molecule has 0 unspecified atom stereocenters. The Bertz CT molecular complexity index is 1310. The zero-order valence-electron chi connectivity index (χ0n) is 20.4. The molecule has 3 aromatic rings. The van der Waals surface area contributed by atoms with Crippen LogP contribution in [0.1, 0.15) is 31.4 Å². The van der Waals surface area contributed by atoms with Crippen molar-refractivity contribution >= 4 is 34.3 Å². The lowest BCUT2D eigenvalue weighted by molar-refractivity contribution is -0.0629. The van der Waals surface area contributed by atoms with Crippen LogP contribution in [0.15, 0.2) is 34.7 Å². The number of hydrogen-bond donors (Lipinski definition) is 4. The zero-order valence-corrected chi connectivity index (χ0v) is 21.2. The second kappa shape index (κ2) is 12.6. The number of hydrogen-bond acceptors (Lipinski definition) is 12. The Morgan fingerprint density at radius 3 is 2.82 bits per heavy atom. The lowest BCUT2D eigenvalue weighted by Gasteiger charge is -2.17. The minimum absolute atomic E-state index is 0.00951. The van der Waals surface area contributed by atoms with E-state index in [1.165, 1.54) is 28.7 Å². The summed E-state index contributed by atoms with van der Waals surface area (Å²) < 4.78 is 34.1. The van der Waals surface area contributed by atoms with Crippen molar-refractivity contribution in [3.63, 3.8) is 0 Å². The lowest BCUT2D eigenvalue weighted by atomic mass is 10.1. The zero-order chi connectivity index (χ0) is 27.2. The van der Waals surface area contributed by atoms with E-state index in [1.807, 2.05) is 6.92 Å². The normalized spacial score (nSPS) is 21.8. The first kappa shape index (κ1) is 27.9. The van der Waals surface area contributed by atoms with Gasteiger partial charge in [0.2, 0.25) is 0 Å². The van der Waals surface area contributed by atoms with E-state index in [2.05, 4.69) is 30.8 Å². The third-order valence-corrected chi connectivity index (χ3v) is 7.04. The highest BCUT2D eigenvalue weighted by molar-refractivity contribution is 7.99. The summed E-state index contributed by atoms with van der Waals surface area (Å²) in [6.07, 6.45) is -0.676. The summed E-state index contributed by atoms with van der Waals surface area (Å²) in [5, 5.41) is 44.7. The van der Waals surface area contributed by atoms with Crippen LogP contribution in [0.2, 0.25) is 0 Å². The number of fused-ring (bicyclic) bond motifs is 1. The number of halogens is 2. The molecule has 12 nitrogen and oxygen atoms in total. The predicted octanol–water partition coefficient (Wildman–Crippen LogP) is 2.27. The molecule has 0 bridgehead atoms. The molecule has 0 spiro atoms. The van der Waals surface area contributed by atoms with Gasteiger partial charge in [-0.05, 0) is 24.1 Å². The molecule has 1 fully saturated rings. The van der Waals surface area contributed by atoms with E-state index in [0.717, 1.165) is 24.3 Å². The largest absolute Gasteiger partial charge is 0.394 e. The number of ether oxygens (including phenoxy) is 1. The number of rotatable bonds is 12. The highest BCUT2D eigenvalue weighted by Crippen LogP contribution is 2.35. The van der Waals surface area contributed by atoms with Gasteiger partial charge in [-0.2, -0.15) is 4.91 Å². The summed E-state index contributed by atoms with van der Waals surface area (Å²) in [5.74, 6) is -1.13. The maximum atomic E-state index is 13.8. The molecule has 4 rings (SSSR count). The second-order valence-corrected chi connectivity index (χ2v) is 9.62. The number of nitrogens with zero attached hydrogens (tertiary/aromatic N) is 6. The van der Waals surface area contributed by atoms with Crippen molar-refractivity contribution in [3.8, 4) is 0 Å². The summed E-state index contributed by atoms with van der Waals surface area (Å²) in [4.78, 5) is 20.1. The number of aliphatic hydroxyl groups excluding tert-OH is 3. The first-order valence-corrected chi connectivity index (χ1v) is 12.9. The van der Waals surface area contributed by atoms with Crippen molar-refractivity contribution in [2.75, 3.05) is 30.8 Å². The van der Waals surface area contributed by atoms with Crippen LogP contribution in [-0.4, -0.2) is 84.1 Å². The Kier molecular flexibility index (Phi) is 9.27. The standard InChI is InChI=1S/C23H27F2N7O5S/c1-2-7-38-23-28-21(26-10-13(11-27-36)12-3-4-14(24)15(25)8-12)18-22(29-23)32(31-30-18)16-9-17(37-6-5-33)20(35)19(16)34/h3-4,8,10,16-17,19-20,33-35H,2,5-7,9,11H2,1H3,(H,26,28,29)/b13-10-/t16-,17+,19+,20-/m1/s1. The van der Waals surface area contributed by atoms with Gasteiger partial charge in [0.1, 0.15) is 18.8 Å². The molecule has 4 N–H and O–H groups in total. The average molecular weight is 552 g/mol. The van der Waals surface area contributed by atoms with Crippen molar-refractivity contribution in [1.82, 2.24) is 25.0 Å². The summed E-state index contributed by atoms with van der Waals surface area (Å²) in [5.41, 5.74) is 1.06. The Hall–Kier alpha value is -3.11. The fourth-order valence-electron chi connectivity index (χ4n) is 4.11. The molecule has 2 aromatic heterocycles. The van der Waals surface area contributed by atoms with Gasteiger partial charge in [-0.3, -0.25) is 0 Å². The highest BCUT2D eigenvalue weighted by Gasteiger charge is 2.44. The van der Waals surface area contributed by atoms with Crippen molar-refractivity contribution in [2.45, 2.75) is 49.3 Å². The first-order valence-electron chi connectivity index (χ1n) is 11.9. The van der Waals surface area contributed by atoms with E-state index in [1.54, 1.807) is 0 Å². The summed E-state index contributed by atoms with van der Waals surface area (Å²) in [6, 6.07) is 2.53. The topological polar surface area (TPSA) is 168 Å². The maximum Gasteiger partial charge on any atom is 0.191 e. The molecule has 1 aliphatic rings. The molecule has 0 saturated heterocycles. The molecular weight excluding hydrogens is 524 g/mol. The summed E-state index contributed by atoms with van der Waals surface area (Å²) in [6.45, 7) is 1.46. The van der Waals surface area contributed by atoms with Crippen LogP contribution >= 0.6 is 11.8 Å². The van der Waals surface area contributed by atoms with Gasteiger partial charge in [-0.1, -0.05) is 35.1 Å². The third kappa shape index (κ3) is 5.96. The van der Waals surface area contributed by atoms with Crippen LogP contribution in [0, 0.1) is 16.5 Å². The SMILES string of the molecule is CCCSc1nc(N/C=C(/CN=O)c2ccc(F)c(F)c2)c2nnn([C@@H]3C[C@H](OCCO)[C@@H](O)[C@H]3O)c2n1. The van der Waals surface area contributed by atoms with Crippen LogP contribution in [0.3, 0.4) is 0 Å². The molecule has 15 heteroatoms. The van der Waals surface area contributed by atoms with Gasteiger partial charge < -0.3 is 25.4 Å². The molecule has 1 saturated carbocycles. The van der Waals surface area contributed by atoms with Crippen molar-refractivity contribution in [1.29, 1.82) is 0 Å². The predicted molar refractivity (Wildman–Crippen MR) is 135 cm³/mol. The molecule has 0 radical (unpaired) electrons. The minimum atomic E-state index is -1.22. The van der Waals surface area contributed by atoms with Crippen molar-refractivity contribution in [2.24, 2.45) is 5.18 Å². The quantitative estimate of drug-likeness (QED) is 0.148. The summed E-state index contributed by atoms with van der Waals surface area (Å²) in [7, 11) is 0. The first-order chi connectivity index (χ1) is 18.4. The van der Waals surface area contributed by atoms with Gasteiger partial charge >= 0.3 is 0 Å². The van der Waals surface area contributed by atoms with Crippen LogP contribution in [0.5, 0.6) is 0 Å². The minimum Gasteiger partial charge on any atom is -0.394 e. The Morgan fingerprint density at radius 1 is 1.29 bits per heavy atom. The Labute approximate surface area is 220 Å². The van der Waals surface area contributed by atoms with Gasteiger partial charge in [0.15, 0.2) is 33.8 Å². The molecule has 0 aliphatic heterocycles. The molecule has 204 valence electrons. The number of thioether (sulfide) groups is 1. The number of benzene rings is 1. The van der Waals surface area contributed by atoms with Crippen LogP contribution in [0.4, 0.5) is 14.6 Å². The number of nitrogens with one attached hydrogen (secondary N) is 1. The fourth-order valence-corrected chi connectivity index (χ4v) is 4.81. The van der Waals surface area contributed by atoms with E-state index >= 15 is 0 Å². The van der Waals surface area contributed by atoms with Crippen LogP contribution < -0.4 is 5.32 Å². The van der Waals surface area contributed by atoms with Crippen LogP contribution in [0.25, 0.3) is 16.7 Å². The van der Waals surface area contributed by atoms with Gasteiger partial charge in [-0.15, -0.1) is 5.10 Å². The molecular formula is C23H27F2N7O5S. The average Bonchev–Trinajstić information content (AvgIpc) is 3.46. The highest BCUT2D eigenvalue weighted by atomic mass is 32.2. The number of aliphatic hydroxyl groups is 3. The van der Waals surface area contributed by atoms with Crippen molar-refractivity contribution in [3.05, 3.63) is 46.5 Å². The Morgan fingerprint density at radius 2 is 2.11 bits per heavy atom. The molecule has 38 heavy (non-hydrogen) atoms.